The van der Waals surface area contributed by atoms with Crippen molar-refractivity contribution in [2.75, 3.05) is 0 Å². The molecule has 0 spiro atoms. The first kappa shape index (κ1) is 30.4. The first-order chi connectivity index (χ1) is 19.2. The summed E-state index contributed by atoms with van der Waals surface area (Å²) < 4.78 is 27.0. The predicted octanol–water partition coefficient (Wildman–Crippen LogP) is 5.30. The van der Waals surface area contributed by atoms with Gasteiger partial charge >= 0.3 is 0 Å². The monoisotopic (exact) mass is 578 g/mol. The molecule has 0 fully saturated rings. The van der Waals surface area contributed by atoms with Crippen LogP contribution in [-0.4, -0.2) is 43.1 Å². The van der Waals surface area contributed by atoms with Gasteiger partial charge in [0.05, 0.1) is 9.79 Å². The molecule has 2 unspecified atom stereocenters. The van der Waals surface area contributed by atoms with Gasteiger partial charge in [-0.3, -0.25) is 28.8 Å². The number of hydrogen-bond donors (Lipinski definition) is 0. The van der Waals surface area contributed by atoms with Crippen LogP contribution in [0.3, 0.4) is 0 Å². The molecule has 0 aromatic heterocycles. The molecule has 0 aliphatic heterocycles. The number of ketones is 6. The highest BCUT2D eigenvalue weighted by molar-refractivity contribution is 7.91. The van der Waals surface area contributed by atoms with Gasteiger partial charge in [0.1, 0.15) is 11.8 Å². The van der Waals surface area contributed by atoms with Gasteiger partial charge in [-0.2, -0.15) is 0 Å². The van der Waals surface area contributed by atoms with Crippen molar-refractivity contribution < 1.29 is 37.2 Å². The zero-order chi connectivity index (χ0) is 30.2. The van der Waals surface area contributed by atoms with Crippen LogP contribution in [0.25, 0.3) is 0 Å². The highest BCUT2D eigenvalue weighted by atomic mass is 32.2. The van der Waals surface area contributed by atoms with Crippen LogP contribution in [0.5, 0.6) is 0 Å². The summed E-state index contributed by atoms with van der Waals surface area (Å²) in [6.45, 7) is 8.04. The minimum atomic E-state index is -4.28. The quantitative estimate of drug-likeness (QED) is 0.310. The fourth-order valence-electron chi connectivity index (χ4n) is 5.46. The molecule has 8 nitrogen and oxygen atoms in total. The molecule has 0 heterocycles. The summed E-state index contributed by atoms with van der Waals surface area (Å²) in [7, 11) is -4.28. The molecule has 0 bridgehead atoms. The molecule has 2 aromatic rings. The maximum Gasteiger partial charge on any atom is 0.206 e. The van der Waals surface area contributed by atoms with Crippen LogP contribution in [0.2, 0.25) is 0 Å². The Hall–Kier alpha value is -3.59. The maximum atomic E-state index is 13.5. The minimum absolute atomic E-state index is 0.00436. The molecule has 216 valence electrons. The highest BCUT2D eigenvalue weighted by Crippen LogP contribution is 2.35. The molecule has 2 aliphatic carbocycles. The van der Waals surface area contributed by atoms with Crippen LogP contribution in [0.1, 0.15) is 108 Å². The Bertz CT molecular complexity index is 1470. The van der Waals surface area contributed by atoms with Gasteiger partial charge in [0.2, 0.25) is 9.84 Å². The van der Waals surface area contributed by atoms with E-state index in [9.17, 15) is 37.2 Å². The van der Waals surface area contributed by atoms with Gasteiger partial charge in [-0.05, 0) is 61.1 Å². The number of hydrogen-bond acceptors (Lipinski definition) is 8. The van der Waals surface area contributed by atoms with Gasteiger partial charge in [0, 0.05) is 35.1 Å². The fourth-order valence-corrected chi connectivity index (χ4v) is 6.77. The molecule has 0 N–H and O–H groups in total. The Morgan fingerprint density at radius 1 is 0.610 bits per heavy atom. The van der Waals surface area contributed by atoms with Crippen molar-refractivity contribution in [3.63, 3.8) is 0 Å². The van der Waals surface area contributed by atoms with Crippen LogP contribution >= 0.6 is 0 Å². The number of carbonyl (C=O) groups is 6. The number of rotatable bonds is 12. The number of Topliss-reactive ketones (excluding diaryl/α,β-unsaturated/α-hetero) is 6. The zero-order valence-corrected chi connectivity index (χ0v) is 24.5. The molecule has 0 saturated carbocycles. The Balaban J connectivity index is 1.58. The largest absolute Gasteiger partial charge is 0.298 e. The lowest BCUT2D eigenvalue weighted by Crippen LogP contribution is -2.25. The first-order valence-corrected chi connectivity index (χ1v) is 15.5. The SMILES string of the molecule is CC(C)CCCC(=O)C1C(=O)c2ccc(S(=O)(=O)c3ccc4c(c3)C(=O)C(C(=O)CCCC(C)C)C4=O)cc2C1=O. The summed E-state index contributed by atoms with van der Waals surface area (Å²) in [4.78, 5) is 76.7. The standard InChI is InChI=1S/C32H34O8S/c1-17(2)7-5-9-25(33)27-29(35)21-13-11-19(15-23(21)31(27)37)41(39,40)20-12-14-22-24(16-20)32(38)28(30(22)36)26(34)10-6-8-18(3)4/h11-18,27-28H,5-10H2,1-4H3. The number of fused-ring (bicyclic) bond motifs is 2. The van der Waals surface area contributed by atoms with E-state index in [1.807, 2.05) is 27.7 Å². The third kappa shape index (κ3) is 5.77. The maximum absolute atomic E-state index is 13.5. The topological polar surface area (TPSA) is 137 Å². The Morgan fingerprint density at radius 2 is 0.951 bits per heavy atom. The lowest BCUT2D eigenvalue weighted by molar-refractivity contribution is -0.121. The number of sulfone groups is 1. The van der Waals surface area contributed by atoms with E-state index < -0.39 is 56.4 Å². The van der Waals surface area contributed by atoms with Crippen molar-refractivity contribution >= 4 is 44.5 Å². The van der Waals surface area contributed by atoms with E-state index in [4.69, 9.17) is 0 Å². The summed E-state index contributed by atoms with van der Waals surface area (Å²) in [5.41, 5.74) is -0.245. The second kappa shape index (κ2) is 11.7. The van der Waals surface area contributed by atoms with E-state index in [0.29, 0.717) is 24.7 Å². The van der Waals surface area contributed by atoms with Crippen molar-refractivity contribution in [1.29, 1.82) is 0 Å². The molecule has 2 aromatic carbocycles. The molecule has 0 radical (unpaired) electrons. The van der Waals surface area contributed by atoms with Crippen molar-refractivity contribution in [2.45, 2.75) is 76.0 Å². The van der Waals surface area contributed by atoms with Crippen LogP contribution in [0, 0.1) is 23.7 Å². The van der Waals surface area contributed by atoms with Crippen molar-refractivity contribution in [3.05, 3.63) is 58.7 Å². The summed E-state index contributed by atoms with van der Waals surface area (Å²) >= 11 is 0. The fraction of sp³-hybridized carbons (Fsp3) is 0.438. The number of carbonyl (C=O) groups excluding carboxylic acids is 6. The van der Waals surface area contributed by atoms with Gasteiger partial charge in [0.15, 0.2) is 34.7 Å². The molecule has 0 saturated heterocycles. The summed E-state index contributed by atoms with van der Waals surface area (Å²) in [5.74, 6) is -5.83. The van der Waals surface area contributed by atoms with Crippen molar-refractivity contribution in [3.8, 4) is 0 Å². The average molecular weight is 579 g/mol. The Kier molecular flexibility index (Phi) is 8.68. The Labute approximate surface area is 239 Å². The molecular formula is C32H34O8S. The van der Waals surface area contributed by atoms with Crippen LogP contribution in [0.15, 0.2) is 46.2 Å². The van der Waals surface area contributed by atoms with E-state index in [1.54, 1.807) is 0 Å². The van der Waals surface area contributed by atoms with E-state index >= 15 is 0 Å². The lowest BCUT2D eigenvalue weighted by atomic mass is 9.93. The third-order valence-electron chi connectivity index (χ3n) is 7.77. The second-order valence-electron chi connectivity index (χ2n) is 11.7. The average Bonchev–Trinajstić information content (AvgIpc) is 3.31. The Morgan fingerprint density at radius 3 is 1.29 bits per heavy atom. The highest BCUT2D eigenvalue weighted by Gasteiger charge is 2.45. The van der Waals surface area contributed by atoms with Crippen molar-refractivity contribution in [2.24, 2.45) is 23.7 Å². The number of benzene rings is 2. The summed E-state index contributed by atoms with van der Waals surface area (Å²) in [5, 5.41) is 0. The van der Waals surface area contributed by atoms with Crippen LogP contribution in [-0.2, 0) is 19.4 Å². The van der Waals surface area contributed by atoms with E-state index in [0.717, 1.165) is 25.0 Å². The smallest absolute Gasteiger partial charge is 0.206 e. The zero-order valence-electron chi connectivity index (χ0n) is 23.7. The molecule has 0 amide bonds. The van der Waals surface area contributed by atoms with Gasteiger partial charge in [-0.15, -0.1) is 0 Å². The van der Waals surface area contributed by atoms with E-state index in [2.05, 4.69) is 0 Å². The first-order valence-electron chi connectivity index (χ1n) is 14.0. The third-order valence-corrected chi connectivity index (χ3v) is 9.52. The summed E-state index contributed by atoms with van der Waals surface area (Å²) in [6.07, 6.45) is 2.82. The van der Waals surface area contributed by atoms with Gasteiger partial charge in [-0.1, -0.05) is 40.5 Å². The lowest BCUT2D eigenvalue weighted by Gasteiger charge is -2.08. The minimum Gasteiger partial charge on any atom is -0.298 e. The second-order valence-corrected chi connectivity index (χ2v) is 13.7. The van der Waals surface area contributed by atoms with E-state index in [1.165, 1.54) is 24.3 Å². The predicted molar refractivity (Wildman–Crippen MR) is 150 cm³/mol. The molecule has 9 heteroatoms. The normalized spacial score (nSPS) is 18.4. The van der Waals surface area contributed by atoms with Crippen LogP contribution < -0.4 is 0 Å². The van der Waals surface area contributed by atoms with Gasteiger partial charge in [-0.25, -0.2) is 8.42 Å². The molecule has 41 heavy (non-hydrogen) atoms. The molecule has 2 atom stereocenters. The van der Waals surface area contributed by atoms with Gasteiger partial charge < -0.3 is 0 Å². The molecule has 2 aliphatic rings. The summed E-state index contributed by atoms with van der Waals surface area (Å²) in [6, 6.07) is 7.02. The van der Waals surface area contributed by atoms with E-state index in [-0.39, 0.29) is 44.9 Å². The van der Waals surface area contributed by atoms with Crippen LogP contribution in [0.4, 0.5) is 0 Å². The van der Waals surface area contributed by atoms with Gasteiger partial charge in [0.25, 0.3) is 0 Å². The van der Waals surface area contributed by atoms with Crippen molar-refractivity contribution in [1.82, 2.24) is 0 Å². The molecular weight excluding hydrogens is 544 g/mol. The molecule has 4 rings (SSSR count).